The quantitative estimate of drug-likeness (QED) is 0.247. The minimum atomic E-state index is -1.38. The van der Waals surface area contributed by atoms with E-state index in [-0.39, 0.29) is 29.0 Å². The average Bonchev–Trinajstić information content (AvgIpc) is 3.20. The number of alkyl halides is 1. The van der Waals surface area contributed by atoms with Gasteiger partial charge in [0, 0.05) is 68.9 Å². The summed E-state index contributed by atoms with van der Waals surface area (Å²) in [5.41, 5.74) is 4.02. The number of benzene rings is 4. The zero-order valence-electron chi connectivity index (χ0n) is 33.0. The molecule has 0 atom stereocenters. The van der Waals surface area contributed by atoms with E-state index in [2.05, 4.69) is 12.1 Å². The highest BCUT2D eigenvalue weighted by atomic mass is 19.1. The number of rotatable bonds is 5. The molecule has 4 aromatic carbocycles. The van der Waals surface area contributed by atoms with Crippen LogP contribution in [0.15, 0.2) is 109 Å². The van der Waals surface area contributed by atoms with Gasteiger partial charge in [-0.15, -0.1) is 0 Å². The first-order valence-corrected chi connectivity index (χ1v) is 18.2. The van der Waals surface area contributed by atoms with Gasteiger partial charge < -0.3 is 24.7 Å². The molecule has 2 aliphatic heterocycles. The van der Waals surface area contributed by atoms with Crippen molar-refractivity contribution in [2.45, 2.75) is 40.2 Å². The number of carbonyl (C=O) groups excluding carboxylic acids is 4. The second-order valence-electron chi connectivity index (χ2n) is 14.9. The Bertz CT molecular complexity index is 1710. The molecule has 0 unspecified atom stereocenters. The summed E-state index contributed by atoms with van der Waals surface area (Å²) in [6.45, 7) is 13.0. The SMILES string of the molecule is CC(C)(C)C(=O)N1CCN(C(=O)c2ccc(-c3ccccc3)cc2)CC1.CC(C)(O)C(=O)N1CCN(C(=O)c2ccc(-c3ccccc3)cc2)CC1.[2H]CF. The third kappa shape index (κ3) is 10.9. The van der Waals surface area contributed by atoms with Gasteiger partial charge >= 0.3 is 0 Å². The highest BCUT2D eigenvalue weighted by molar-refractivity contribution is 5.96. The number of halogens is 1. The van der Waals surface area contributed by atoms with Crippen molar-refractivity contribution in [3.05, 3.63) is 120 Å². The fourth-order valence-electron chi connectivity index (χ4n) is 6.32. The Kier molecular flexibility index (Phi) is 13.7. The maximum absolute atomic E-state index is 12.7. The van der Waals surface area contributed by atoms with Crippen LogP contribution in [0.1, 0.15) is 56.7 Å². The predicted octanol–water partition coefficient (Wildman–Crippen LogP) is 6.68. The van der Waals surface area contributed by atoms with E-state index >= 15 is 0 Å². The molecule has 6 rings (SSSR count). The molecule has 2 fully saturated rings. The van der Waals surface area contributed by atoms with Crippen molar-refractivity contribution in [2.24, 2.45) is 5.41 Å². The van der Waals surface area contributed by atoms with E-state index < -0.39 is 12.8 Å². The van der Waals surface area contributed by atoms with E-state index in [0.717, 1.165) is 22.3 Å². The van der Waals surface area contributed by atoms with Crippen LogP contribution in [-0.4, -0.2) is 113 Å². The number of nitrogens with zero attached hydrogens (tertiary/aromatic N) is 4. The molecule has 1 N–H and O–H groups in total. The van der Waals surface area contributed by atoms with Crippen LogP contribution < -0.4 is 0 Å². The van der Waals surface area contributed by atoms with Gasteiger partial charge in [0.1, 0.15) is 5.60 Å². The van der Waals surface area contributed by atoms with Crippen LogP contribution >= 0.6 is 0 Å². The molecular weight excluding hydrogens is 684 g/mol. The minimum absolute atomic E-state index is 0.0278. The molecule has 54 heavy (non-hydrogen) atoms. The van der Waals surface area contributed by atoms with Crippen LogP contribution in [0.5, 0.6) is 0 Å². The number of hydrogen-bond acceptors (Lipinski definition) is 5. The van der Waals surface area contributed by atoms with E-state index in [1.165, 1.54) is 13.8 Å². The van der Waals surface area contributed by atoms with Crippen molar-refractivity contribution in [1.82, 2.24) is 19.6 Å². The summed E-state index contributed by atoms with van der Waals surface area (Å²) in [6.07, 6.45) is 0. The van der Waals surface area contributed by atoms with Crippen LogP contribution in [0.25, 0.3) is 22.3 Å². The van der Waals surface area contributed by atoms with Crippen LogP contribution in [-0.2, 0) is 9.59 Å². The highest BCUT2D eigenvalue weighted by Gasteiger charge is 2.33. The van der Waals surface area contributed by atoms with Gasteiger partial charge in [0.2, 0.25) is 5.91 Å². The topological polar surface area (TPSA) is 101 Å². The second kappa shape index (κ2) is 18.6. The largest absolute Gasteiger partial charge is 0.381 e. The van der Waals surface area contributed by atoms with Gasteiger partial charge in [-0.2, -0.15) is 0 Å². The normalized spacial score (nSPS) is 14.8. The number of aliphatic hydroxyl groups is 1. The fraction of sp³-hybridized carbons (Fsp3) is 0.364. The summed E-state index contributed by atoms with van der Waals surface area (Å²) < 4.78 is 15.5. The minimum Gasteiger partial charge on any atom is -0.381 e. The molecule has 4 amide bonds. The third-order valence-electron chi connectivity index (χ3n) is 9.35. The number of amides is 4. The van der Waals surface area contributed by atoms with Gasteiger partial charge in [-0.3, -0.25) is 23.6 Å². The standard InChI is InChI=1S/C22H26N2O2.C21H24N2O3.CH3F/c1-22(2,3)21(26)24-15-13-23(14-16-24)20(25)19-11-9-18(10-12-19)17-7-5-4-6-8-17;1-21(2,26)20(25)23-14-12-22(13-15-23)19(24)18-10-8-17(9-11-18)16-6-4-3-5-7-16;1-2/h4-12H,13-16H2,1-3H3;3-11,26H,12-15H2,1-2H3;1H3/i;;1D. The number of carbonyl (C=O) groups is 4. The zero-order chi connectivity index (χ0) is 40.2. The monoisotopic (exact) mass is 737 g/mol. The van der Waals surface area contributed by atoms with Gasteiger partial charge in [-0.25, -0.2) is 0 Å². The fourth-order valence-corrected chi connectivity index (χ4v) is 6.32. The first kappa shape index (κ1) is 39.8. The molecule has 286 valence electrons. The molecule has 0 aliphatic carbocycles. The molecule has 0 bridgehead atoms. The Morgan fingerprint density at radius 2 is 0.778 bits per heavy atom. The van der Waals surface area contributed by atoms with Crippen molar-refractivity contribution < 1.29 is 30.0 Å². The van der Waals surface area contributed by atoms with Crippen molar-refractivity contribution in [1.29, 1.82) is 0 Å². The van der Waals surface area contributed by atoms with Gasteiger partial charge in [0.15, 0.2) is 0 Å². The van der Waals surface area contributed by atoms with Crippen LogP contribution in [0, 0.1) is 5.41 Å². The molecule has 0 spiro atoms. The summed E-state index contributed by atoms with van der Waals surface area (Å²) in [4.78, 5) is 57.0. The summed E-state index contributed by atoms with van der Waals surface area (Å²) in [7, 11) is -1.00. The lowest BCUT2D eigenvalue weighted by Gasteiger charge is -2.37. The van der Waals surface area contributed by atoms with Gasteiger partial charge in [-0.1, -0.05) is 106 Å². The predicted molar refractivity (Wildman–Crippen MR) is 212 cm³/mol. The van der Waals surface area contributed by atoms with Crippen LogP contribution in [0.4, 0.5) is 4.39 Å². The van der Waals surface area contributed by atoms with Crippen LogP contribution in [0.3, 0.4) is 0 Å². The van der Waals surface area contributed by atoms with E-state index in [1.807, 2.05) is 128 Å². The lowest BCUT2D eigenvalue weighted by atomic mass is 9.94. The Balaban J connectivity index is 0.000000228. The van der Waals surface area contributed by atoms with E-state index in [4.69, 9.17) is 1.37 Å². The summed E-state index contributed by atoms with van der Waals surface area (Å²) >= 11 is 0. The smallest absolute Gasteiger partial charge is 0.254 e. The van der Waals surface area contributed by atoms with E-state index in [9.17, 15) is 28.7 Å². The maximum Gasteiger partial charge on any atom is 0.254 e. The maximum atomic E-state index is 12.7. The Morgan fingerprint density at radius 3 is 1.07 bits per heavy atom. The average molecular weight is 738 g/mol. The molecule has 4 aromatic rings. The van der Waals surface area contributed by atoms with Gasteiger partial charge in [-0.05, 0) is 60.4 Å². The summed E-state index contributed by atoms with van der Waals surface area (Å²) in [5, 5.41) is 9.84. The van der Waals surface area contributed by atoms with Crippen LogP contribution in [0.2, 0.25) is 0 Å². The highest BCUT2D eigenvalue weighted by Crippen LogP contribution is 2.23. The zero-order valence-corrected chi connectivity index (χ0v) is 32.0. The Hall–Kier alpha value is -5.35. The third-order valence-corrected chi connectivity index (χ3v) is 9.35. The molecule has 0 radical (unpaired) electrons. The molecule has 0 saturated carbocycles. The van der Waals surface area contributed by atoms with E-state index in [0.29, 0.717) is 63.5 Å². The lowest BCUT2D eigenvalue weighted by molar-refractivity contribution is -0.149. The Morgan fingerprint density at radius 1 is 0.500 bits per heavy atom. The van der Waals surface area contributed by atoms with Crippen molar-refractivity contribution in [2.75, 3.05) is 59.5 Å². The molecule has 2 heterocycles. The van der Waals surface area contributed by atoms with Crippen molar-refractivity contribution >= 4 is 23.6 Å². The lowest BCUT2D eigenvalue weighted by Crippen LogP contribution is -2.55. The molecule has 2 saturated heterocycles. The van der Waals surface area contributed by atoms with Gasteiger partial charge in [0.05, 0.1) is 8.52 Å². The van der Waals surface area contributed by atoms with E-state index in [1.54, 1.807) is 9.80 Å². The summed E-state index contributed by atoms with van der Waals surface area (Å²) in [6, 6.07) is 35.5. The van der Waals surface area contributed by atoms with Gasteiger partial charge in [0.25, 0.3) is 17.7 Å². The molecule has 2 aliphatic rings. The Labute approximate surface area is 320 Å². The molecule has 10 heteroatoms. The van der Waals surface area contributed by atoms with Crippen molar-refractivity contribution in [3.63, 3.8) is 0 Å². The molecule has 9 nitrogen and oxygen atoms in total. The summed E-state index contributed by atoms with van der Waals surface area (Å²) in [5.74, 6) is -0.138. The number of hydrogen-bond donors (Lipinski definition) is 1. The van der Waals surface area contributed by atoms with Crippen molar-refractivity contribution in [3.8, 4) is 22.3 Å². The molecular formula is C44H53FN4O5. The second-order valence-corrected chi connectivity index (χ2v) is 14.9. The molecule has 0 aromatic heterocycles. The number of piperazine rings is 2. The first-order chi connectivity index (χ1) is 26.1. The first-order valence-electron chi connectivity index (χ1n) is 18.9.